The second-order valence-corrected chi connectivity index (χ2v) is 4.10. The van der Waals surface area contributed by atoms with Crippen LogP contribution in [0.3, 0.4) is 0 Å². The Morgan fingerprint density at radius 3 is 2.27 bits per heavy atom. The van der Waals surface area contributed by atoms with Crippen molar-refractivity contribution in [2.45, 2.75) is 30.7 Å². The fraction of sp³-hybridized carbons (Fsp3) is 1.00. The molecular weight excluding hydrogens is 240 g/mol. The first-order chi connectivity index (χ1) is 7.11. The maximum Gasteiger partial charge on any atom is 0.186 e. The van der Waals surface area contributed by atoms with Crippen molar-refractivity contribution in [1.82, 2.24) is 0 Å². The van der Waals surface area contributed by atoms with Crippen molar-refractivity contribution in [3.05, 3.63) is 0 Å². The topological polar surface area (TPSA) is 79.2 Å². The molecule has 1 fully saturated rings. The molecule has 0 aliphatic carbocycles. The molecule has 15 heavy (non-hydrogen) atoms. The van der Waals surface area contributed by atoms with Crippen LogP contribution in [0.15, 0.2) is 0 Å². The van der Waals surface area contributed by atoms with Crippen LogP contribution >= 0.6 is 25.3 Å². The zero-order valence-corrected chi connectivity index (χ0v) is 9.85. The number of aliphatic hydroxyl groups excluding tert-OH is 3. The van der Waals surface area contributed by atoms with Gasteiger partial charge in [-0.25, -0.2) is 0 Å². The van der Waals surface area contributed by atoms with Gasteiger partial charge in [-0.3, -0.25) is 0 Å². The number of ether oxygens (including phenoxy) is 2. The summed E-state index contributed by atoms with van der Waals surface area (Å²) in [6.07, 6.45) is -5.26. The summed E-state index contributed by atoms with van der Waals surface area (Å²) in [5, 5.41) is 28.5. The van der Waals surface area contributed by atoms with Gasteiger partial charge in [-0.1, -0.05) is 0 Å². The minimum absolute atomic E-state index is 0.242. The summed E-state index contributed by atoms with van der Waals surface area (Å²) < 4.78 is 10.4. The highest BCUT2D eigenvalue weighted by Gasteiger charge is 2.43. The highest BCUT2D eigenvalue weighted by atomic mass is 32.1. The first kappa shape index (κ1) is 13.6. The molecule has 3 N–H and O–H groups in total. The minimum atomic E-state index is -1.28. The average Bonchev–Trinajstić information content (AvgIpc) is 2.25. The molecule has 0 aromatic carbocycles. The van der Waals surface area contributed by atoms with Crippen LogP contribution in [0.25, 0.3) is 0 Å². The van der Waals surface area contributed by atoms with Crippen molar-refractivity contribution < 1.29 is 24.8 Å². The molecular formula is C8H16O5S2. The molecule has 0 radical (unpaired) electrons. The molecule has 5 nitrogen and oxygen atoms in total. The second kappa shape index (κ2) is 6.29. The van der Waals surface area contributed by atoms with Crippen molar-refractivity contribution in [2.24, 2.45) is 0 Å². The van der Waals surface area contributed by atoms with Gasteiger partial charge >= 0.3 is 0 Å². The Labute approximate surface area is 99.2 Å². The largest absolute Gasteiger partial charge is 0.388 e. The number of thiol groups is 2. The van der Waals surface area contributed by atoms with Crippen LogP contribution in [0.4, 0.5) is 0 Å². The zero-order valence-electron chi connectivity index (χ0n) is 8.06. The van der Waals surface area contributed by atoms with Crippen molar-refractivity contribution in [1.29, 1.82) is 0 Å². The van der Waals surface area contributed by atoms with Gasteiger partial charge in [0.2, 0.25) is 0 Å². The maximum atomic E-state index is 9.54. The number of hydrogen-bond acceptors (Lipinski definition) is 7. The lowest BCUT2D eigenvalue weighted by Gasteiger charge is -2.39. The predicted octanol–water partition coefficient (Wildman–Crippen LogP) is -1.33. The third-order valence-corrected chi connectivity index (χ3v) is 2.76. The molecule has 0 aromatic rings. The Kier molecular flexibility index (Phi) is 5.69. The Hall–Kier alpha value is 0.500. The summed E-state index contributed by atoms with van der Waals surface area (Å²) in [5.74, 6) is 0.725. The van der Waals surface area contributed by atoms with E-state index in [9.17, 15) is 15.3 Å². The summed E-state index contributed by atoms with van der Waals surface area (Å²) in [5.41, 5.74) is 0. The molecule has 0 aromatic heterocycles. The molecule has 7 heteroatoms. The lowest BCUT2D eigenvalue weighted by molar-refractivity contribution is -0.290. The van der Waals surface area contributed by atoms with Crippen LogP contribution in [-0.2, 0) is 9.47 Å². The molecule has 0 spiro atoms. The van der Waals surface area contributed by atoms with E-state index < -0.39 is 30.7 Å². The van der Waals surface area contributed by atoms with Crippen LogP contribution in [-0.4, -0.2) is 64.1 Å². The molecule has 5 atom stereocenters. The lowest BCUT2D eigenvalue weighted by Crippen LogP contribution is -2.58. The molecule has 0 amide bonds. The Morgan fingerprint density at radius 2 is 1.73 bits per heavy atom. The van der Waals surface area contributed by atoms with E-state index in [1.165, 1.54) is 0 Å². The van der Waals surface area contributed by atoms with E-state index in [2.05, 4.69) is 25.3 Å². The minimum Gasteiger partial charge on any atom is -0.388 e. The fourth-order valence-corrected chi connectivity index (χ4v) is 1.78. The highest BCUT2D eigenvalue weighted by Crippen LogP contribution is 2.22. The van der Waals surface area contributed by atoms with E-state index in [-0.39, 0.29) is 5.75 Å². The third-order valence-electron chi connectivity index (χ3n) is 2.22. The zero-order chi connectivity index (χ0) is 11.4. The van der Waals surface area contributed by atoms with Crippen molar-refractivity contribution in [2.75, 3.05) is 18.1 Å². The lowest BCUT2D eigenvalue weighted by atomic mass is 10.00. The number of hydrogen-bond donors (Lipinski definition) is 5. The monoisotopic (exact) mass is 256 g/mol. The van der Waals surface area contributed by atoms with Gasteiger partial charge in [0, 0.05) is 11.5 Å². The molecule has 1 aliphatic heterocycles. The summed E-state index contributed by atoms with van der Waals surface area (Å²) in [6, 6.07) is 0. The molecule has 1 saturated heterocycles. The van der Waals surface area contributed by atoms with Gasteiger partial charge in [-0.15, -0.1) is 0 Å². The van der Waals surface area contributed by atoms with E-state index in [1.807, 2.05) is 0 Å². The summed E-state index contributed by atoms with van der Waals surface area (Å²) in [7, 11) is 0. The van der Waals surface area contributed by atoms with Crippen molar-refractivity contribution in [3.63, 3.8) is 0 Å². The molecule has 3 unspecified atom stereocenters. The molecule has 1 rings (SSSR count). The van der Waals surface area contributed by atoms with E-state index >= 15 is 0 Å². The van der Waals surface area contributed by atoms with Crippen molar-refractivity contribution in [3.8, 4) is 0 Å². The van der Waals surface area contributed by atoms with Crippen molar-refractivity contribution >= 4 is 25.3 Å². The predicted molar refractivity (Wildman–Crippen MR) is 60.3 cm³/mol. The van der Waals surface area contributed by atoms with Gasteiger partial charge in [0.15, 0.2) is 6.29 Å². The Morgan fingerprint density at radius 1 is 1.07 bits per heavy atom. The number of aliphatic hydroxyl groups is 3. The molecule has 1 heterocycles. The van der Waals surface area contributed by atoms with Crippen LogP contribution < -0.4 is 0 Å². The van der Waals surface area contributed by atoms with Gasteiger partial charge in [-0.05, 0) is 0 Å². The maximum absolute atomic E-state index is 9.54. The van der Waals surface area contributed by atoms with E-state index in [0.717, 1.165) is 0 Å². The third kappa shape index (κ3) is 3.23. The van der Waals surface area contributed by atoms with Crippen LogP contribution in [0, 0.1) is 0 Å². The summed E-state index contributed by atoms with van der Waals surface area (Å²) in [6.45, 7) is 0.299. The highest BCUT2D eigenvalue weighted by molar-refractivity contribution is 7.80. The first-order valence-electron chi connectivity index (χ1n) is 4.64. The van der Waals surface area contributed by atoms with Gasteiger partial charge in [-0.2, -0.15) is 25.3 Å². The second-order valence-electron chi connectivity index (χ2n) is 3.29. The van der Waals surface area contributed by atoms with Gasteiger partial charge in [0.25, 0.3) is 0 Å². The van der Waals surface area contributed by atoms with Crippen LogP contribution in [0.1, 0.15) is 0 Å². The molecule has 0 bridgehead atoms. The van der Waals surface area contributed by atoms with Crippen LogP contribution in [0.5, 0.6) is 0 Å². The number of rotatable bonds is 4. The van der Waals surface area contributed by atoms with Gasteiger partial charge < -0.3 is 24.8 Å². The Bertz CT molecular complexity index is 192. The van der Waals surface area contributed by atoms with E-state index in [0.29, 0.717) is 12.4 Å². The first-order valence-corrected chi connectivity index (χ1v) is 5.91. The SMILES string of the molecule is OC1C(O)[C@@H](O)C(CS)O[C@@H]1OCCS. The standard InChI is InChI=1S/C8H16O5S2/c9-5-4(3-15)13-8(12-1-2-14)7(11)6(5)10/h4-11,14-15H,1-3H2/t4?,5-,6?,7?,8-/m0/s1. The molecule has 90 valence electrons. The van der Waals surface area contributed by atoms with Gasteiger partial charge in [0.05, 0.1) is 12.7 Å². The summed E-state index contributed by atoms with van der Waals surface area (Å²) in [4.78, 5) is 0. The van der Waals surface area contributed by atoms with Crippen LogP contribution in [0.2, 0.25) is 0 Å². The Balaban J connectivity index is 2.57. The normalized spacial score (nSPS) is 41.8. The fourth-order valence-electron chi connectivity index (χ4n) is 1.37. The molecule has 1 aliphatic rings. The quantitative estimate of drug-likeness (QED) is 0.403. The van der Waals surface area contributed by atoms with E-state index in [4.69, 9.17) is 9.47 Å². The average molecular weight is 256 g/mol. The molecule has 0 saturated carbocycles. The van der Waals surface area contributed by atoms with Gasteiger partial charge in [0.1, 0.15) is 18.3 Å². The van der Waals surface area contributed by atoms with E-state index in [1.54, 1.807) is 0 Å². The smallest absolute Gasteiger partial charge is 0.186 e. The summed E-state index contributed by atoms with van der Waals surface area (Å²) >= 11 is 7.92.